The zero-order valence-electron chi connectivity index (χ0n) is 12.6. The fraction of sp³-hybridized carbons (Fsp3) is 0.286. The van der Waals surface area contributed by atoms with Crippen LogP contribution in [0, 0.1) is 6.92 Å². The van der Waals surface area contributed by atoms with E-state index >= 15 is 0 Å². The van der Waals surface area contributed by atoms with E-state index in [1.165, 1.54) is 12.1 Å². The van der Waals surface area contributed by atoms with Crippen molar-refractivity contribution in [2.45, 2.75) is 18.2 Å². The molecule has 124 valence electrons. The van der Waals surface area contributed by atoms with Crippen molar-refractivity contribution >= 4 is 21.7 Å². The molecule has 1 aromatic carbocycles. The molecule has 1 amide bonds. The molecular formula is C14H18N4O4S. The van der Waals surface area contributed by atoms with Gasteiger partial charge in [-0.2, -0.15) is 0 Å². The van der Waals surface area contributed by atoms with E-state index in [1.54, 1.807) is 25.1 Å². The first kappa shape index (κ1) is 17.0. The SMILES string of the molecule is Cc1cc(NCC(=O)NCCc2ccc(S(N)(=O)=O)cc2)no1. The van der Waals surface area contributed by atoms with Gasteiger partial charge >= 0.3 is 0 Å². The van der Waals surface area contributed by atoms with Gasteiger partial charge in [-0.3, -0.25) is 4.79 Å². The van der Waals surface area contributed by atoms with Crippen molar-refractivity contribution in [3.8, 4) is 0 Å². The highest BCUT2D eigenvalue weighted by molar-refractivity contribution is 7.89. The van der Waals surface area contributed by atoms with Crippen molar-refractivity contribution < 1.29 is 17.7 Å². The van der Waals surface area contributed by atoms with E-state index in [4.69, 9.17) is 9.66 Å². The highest BCUT2D eigenvalue weighted by Gasteiger charge is 2.07. The second-order valence-corrected chi connectivity index (χ2v) is 6.53. The third kappa shape index (κ3) is 5.38. The molecule has 23 heavy (non-hydrogen) atoms. The molecule has 0 fully saturated rings. The first-order valence-electron chi connectivity index (χ1n) is 6.90. The Kier molecular flexibility index (Phi) is 5.35. The van der Waals surface area contributed by atoms with E-state index < -0.39 is 10.0 Å². The Balaban J connectivity index is 1.73. The molecular weight excluding hydrogens is 320 g/mol. The van der Waals surface area contributed by atoms with Crippen LogP contribution in [0.15, 0.2) is 39.8 Å². The maximum Gasteiger partial charge on any atom is 0.239 e. The molecule has 0 aliphatic rings. The van der Waals surface area contributed by atoms with E-state index in [-0.39, 0.29) is 17.3 Å². The number of carbonyl (C=O) groups is 1. The van der Waals surface area contributed by atoms with Crippen molar-refractivity contribution in [2.75, 3.05) is 18.4 Å². The predicted molar refractivity (Wildman–Crippen MR) is 84.3 cm³/mol. The van der Waals surface area contributed by atoms with Crippen LogP contribution in [-0.2, 0) is 21.2 Å². The minimum absolute atomic E-state index is 0.0670. The van der Waals surface area contributed by atoms with Crippen LogP contribution >= 0.6 is 0 Å². The summed E-state index contributed by atoms with van der Waals surface area (Å²) in [6.07, 6.45) is 0.583. The fourth-order valence-corrected chi connectivity index (χ4v) is 2.39. The van der Waals surface area contributed by atoms with Gasteiger partial charge in [0.15, 0.2) is 5.82 Å². The zero-order chi connectivity index (χ0) is 16.9. The molecule has 0 saturated heterocycles. The van der Waals surface area contributed by atoms with E-state index in [0.29, 0.717) is 24.5 Å². The molecule has 1 aromatic heterocycles. The molecule has 1 heterocycles. The highest BCUT2D eigenvalue weighted by atomic mass is 32.2. The molecule has 0 aliphatic carbocycles. The summed E-state index contributed by atoms with van der Waals surface area (Å²) in [4.78, 5) is 11.7. The lowest BCUT2D eigenvalue weighted by molar-refractivity contribution is -0.119. The molecule has 2 rings (SSSR count). The summed E-state index contributed by atoms with van der Waals surface area (Å²) >= 11 is 0. The number of amides is 1. The molecule has 0 unspecified atom stereocenters. The Morgan fingerprint density at radius 2 is 2.00 bits per heavy atom. The molecule has 9 heteroatoms. The summed E-state index contributed by atoms with van der Waals surface area (Å²) in [5.74, 6) is 0.999. The second-order valence-electron chi connectivity index (χ2n) is 4.97. The van der Waals surface area contributed by atoms with E-state index in [9.17, 15) is 13.2 Å². The molecule has 0 bridgehead atoms. The standard InChI is InChI=1S/C14H18N4O4S/c1-10-8-13(18-22-10)17-9-14(19)16-7-6-11-2-4-12(5-3-11)23(15,20)21/h2-5,8H,6-7,9H2,1H3,(H,16,19)(H,17,18)(H2,15,20,21). The van der Waals surface area contributed by atoms with Gasteiger partial charge in [-0.1, -0.05) is 17.3 Å². The Labute approximate surface area is 134 Å². The Morgan fingerprint density at radius 1 is 1.30 bits per heavy atom. The Hall–Kier alpha value is -2.39. The number of sulfonamides is 1. The molecule has 4 N–H and O–H groups in total. The van der Waals surface area contributed by atoms with Crippen LogP contribution < -0.4 is 15.8 Å². The van der Waals surface area contributed by atoms with E-state index in [0.717, 1.165) is 5.56 Å². The first-order chi connectivity index (χ1) is 10.8. The summed E-state index contributed by atoms with van der Waals surface area (Å²) in [5.41, 5.74) is 0.901. The molecule has 8 nitrogen and oxygen atoms in total. The lowest BCUT2D eigenvalue weighted by Gasteiger charge is -2.06. The molecule has 0 radical (unpaired) electrons. The van der Waals surface area contributed by atoms with Gasteiger partial charge in [0.2, 0.25) is 15.9 Å². The largest absolute Gasteiger partial charge is 0.360 e. The van der Waals surface area contributed by atoms with Crippen LogP contribution in [0.4, 0.5) is 5.82 Å². The van der Waals surface area contributed by atoms with Gasteiger partial charge < -0.3 is 15.2 Å². The van der Waals surface area contributed by atoms with Gasteiger partial charge in [0.05, 0.1) is 11.4 Å². The third-order valence-corrected chi connectivity index (χ3v) is 3.97. The minimum atomic E-state index is -3.68. The van der Waals surface area contributed by atoms with Gasteiger partial charge in [0, 0.05) is 12.6 Å². The quantitative estimate of drug-likeness (QED) is 0.670. The second kappa shape index (κ2) is 7.25. The zero-order valence-corrected chi connectivity index (χ0v) is 13.4. The van der Waals surface area contributed by atoms with Crippen LogP contribution in [0.1, 0.15) is 11.3 Å². The average molecular weight is 338 g/mol. The monoisotopic (exact) mass is 338 g/mol. The number of hydrogen-bond donors (Lipinski definition) is 3. The average Bonchev–Trinajstić information content (AvgIpc) is 2.90. The number of aryl methyl sites for hydroxylation is 1. The van der Waals surface area contributed by atoms with Crippen molar-refractivity contribution in [1.82, 2.24) is 10.5 Å². The van der Waals surface area contributed by atoms with Gasteiger partial charge in [-0.25, -0.2) is 13.6 Å². The van der Waals surface area contributed by atoms with Crippen molar-refractivity contribution in [1.29, 1.82) is 0 Å². The summed E-state index contributed by atoms with van der Waals surface area (Å²) in [6, 6.07) is 7.92. The maximum atomic E-state index is 11.7. The topological polar surface area (TPSA) is 127 Å². The number of nitrogens with zero attached hydrogens (tertiary/aromatic N) is 1. The number of carbonyl (C=O) groups excluding carboxylic acids is 1. The van der Waals surface area contributed by atoms with Gasteiger partial charge in [-0.05, 0) is 31.0 Å². The normalized spacial score (nSPS) is 11.2. The number of primary sulfonamides is 1. The fourth-order valence-electron chi connectivity index (χ4n) is 1.88. The Bertz CT molecular complexity index is 768. The van der Waals surface area contributed by atoms with Crippen LogP contribution in [0.5, 0.6) is 0 Å². The third-order valence-electron chi connectivity index (χ3n) is 3.05. The van der Waals surface area contributed by atoms with Crippen molar-refractivity contribution in [2.24, 2.45) is 5.14 Å². The maximum absolute atomic E-state index is 11.7. The summed E-state index contributed by atoms with van der Waals surface area (Å²) < 4.78 is 27.2. The lowest BCUT2D eigenvalue weighted by Crippen LogP contribution is -2.31. The number of nitrogens with one attached hydrogen (secondary N) is 2. The predicted octanol–water partition coefficient (Wildman–Crippen LogP) is 0.401. The number of benzene rings is 1. The molecule has 0 atom stereocenters. The van der Waals surface area contributed by atoms with Crippen LogP contribution in [-0.4, -0.2) is 32.6 Å². The van der Waals surface area contributed by atoms with Crippen LogP contribution in [0.2, 0.25) is 0 Å². The van der Waals surface area contributed by atoms with Crippen molar-refractivity contribution in [3.63, 3.8) is 0 Å². The summed E-state index contributed by atoms with van der Waals surface area (Å²) in [7, 11) is -3.68. The van der Waals surface area contributed by atoms with Gasteiger partial charge in [0.25, 0.3) is 0 Å². The lowest BCUT2D eigenvalue weighted by atomic mass is 10.1. The number of rotatable bonds is 7. The van der Waals surface area contributed by atoms with E-state index in [1.807, 2.05) is 0 Å². The number of hydrogen-bond acceptors (Lipinski definition) is 6. The van der Waals surface area contributed by atoms with Gasteiger partial charge in [-0.15, -0.1) is 0 Å². The molecule has 0 aliphatic heterocycles. The van der Waals surface area contributed by atoms with Crippen molar-refractivity contribution in [3.05, 3.63) is 41.7 Å². The highest BCUT2D eigenvalue weighted by Crippen LogP contribution is 2.09. The molecule has 0 spiro atoms. The number of anilines is 1. The summed E-state index contributed by atoms with van der Waals surface area (Å²) in [5, 5.41) is 14.3. The molecule has 0 saturated carbocycles. The van der Waals surface area contributed by atoms with Crippen LogP contribution in [0.3, 0.4) is 0 Å². The number of aromatic nitrogens is 1. The van der Waals surface area contributed by atoms with Gasteiger partial charge in [0.1, 0.15) is 5.76 Å². The minimum Gasteiger partial charge on any atom is -0.360 e. The Morgan fingerprint density at radius 3 is 2.57 bits per heavy atom. The smallest absolute Gasteiger partial charge is 0.239 e. The molecule has 2 aromatic rings. The van der Waals surface area contributed by atoms with Crippen LogP contribution in [0.25, 0.3) is 0 Å². The number of nitrogens with two attached hydrogens (primary N) is 1. The summed E-state index contributed by atoms with van der Waals surface area (Å²) in [6.45, 7) is 2.29. The first-order valence-corrected chi connectivity index (χ1v) is 8.45. The van der Waals surface area contributed by atoms with E-state index in [2.05, 4.69) is 15.8 Å².